The average molecular weight is 357 g/mol. The van der Waals surface area contributed by atoms with Gasteiger partial charge in [-0.25, -0.2) is 4.79 Å². The van der Waals surface area contributed by atoms with E-state index >= 15 is 0 Å². The molecule has 1 aliphatic carbocycles. The van der Waals surface area contributed by atoms with Crippen LogP contribution in [0, 0.1) is 0 Å². The molecule has 0 saturated heterocycles. The Hall–Kier alpha value is -2.76. The van der Waals surface area contributed by atoms with Gasteiger partial charge in [0.15, 0.2) is 6.61 Å². The Bertz CT molecular complexity index is 734. The second-order valence-corrected chi connectivity index (χ2v) is 6.57. The number of hydrogen-bond acceptors (Lipinski definition) is 4. The van der Waals surface area contributed by atoms with Crippen LogP contribution in [0.1, 0.15) is 48.0 Å². The second-order valence-electron chi connectivity index (χ2n) is 6.57. The number of carbonyl (C=O) groups excluding carboxylic acids is 1. The van der Waals surface area contributed by atoms with Crippen LogP contribution < -0.4 is 4.74 Å². The van der Waals surface area contributed by atoms with Crippen molar-refractivity contribution in [1.82, 2.24) is 4.90 Å². The molecule has 2 aromatic rings. The number of rotatable bonds is 7. The van der Waals surface area contributed by atoms with Gasteiger partial charge in [0.2, 0.25) is 0 Å². The number of furan rings is 1. The molecule has 1 N–H and O–H groups in total. The summed E-state index contributed by atoms with van der Waals surface area (Å²) in [7, 11) is 0. The van der Waals surface area contributed by atoms with Gasteiger partial charge < -0.3 is 19.2 Å². The molecular formula is C20H23NO5. The molecule has 138 valence electrons. The fourth-order valence-corrected chi connectivity index (χ4v) is 3.37. The molecule has 1 aromatic heterocycles. The summed E-state index contributed by atoms with van der Waals surface area (Å²) in [6, 6.07) is 8.78. The number of hydrogen-bond donors (Lipinski definition) is 1. The van der Waals surface area contributed by atoms with Crippen molar-refractivity contribution in [2.75, 3.05) is 6.61 Å². The van der Waals surface area contributed by atoms with Crippen molar-refractivity contribution in [2.45, 2.75) is 44.7 Å². The third-order valence-electron chi connectivity index (χ3n) is 4.65. The number of nitrogens with zero attached hydrogens (tertiary/aromatic N) is 1. The Morgan fingerprint density at radius 3 is 2.69 bits per heavy atom. The molecule has 6 heteroatoms. The Balaban J connectivity index is 1.79. The maximum atomic E-state index is 13.2. The molecule has 0 aliphatic heterocycles. The average Bonchev–Trinajstić information content (AvgIpc) is 3.18. The van der Waals surface area contributed by atoms with Gasteiger partial charge in [0, 0.05) is 23.7 Å². The van der Waals surface area contributed by atoms with E-state index in [1.165, 1.54) is 6.42 Å². The number of benzene rings is 1. The van der Waals surface area contributed by atoms with E-state index in [0.717, 1.165) is 31.2 Å². The lowest BCUT2D eigenvalue weighted by atomic mass is 9.93. The van der Waals surface area contributed by atoms with Crippen LogP contribution in [0.4, 0.5) is 0 Å². The van der Waals surface area contributed by atoms with Crippen molar-refractivity contribution in [3.63, 3.8) is 0 Å². The van der Waals surface area contributed by atoms with Gasteiger partial charge in [-0.3, -0.25) is 4.79 Å². The summed E-state index contributed by atoms with van der Waals surface area (Å²) < 4.78 is 10.4. The number of ether oxygens (including phenoxy) is 1. The Kier molecular flexibility index (Phi) is 5.94. The van der Waals surface area contributed by atoms with Crippen LogP contribution in [0.2, 0.25) is 0 Å². The molecule has 0 spiro atoms. The fourth-order valence-electron chi connectivity index (χ4n) is 3.37. The highest BCUT2D eigenvalue weighted by Gasteiger charge is 2.27. The molecule has 26 heavy (non-hydrogen) atoms. The lowest BCUT2D eigenvalue weighted by molar-refractivity contribution is -0.139. The minimum absolute atomic E-state index is 0.0705. The fraction of sp³-hybridized carbons (Fsp3) is 0.400. The summed E-state index contributed by atoms with van der Waals surface area (Å²) in [6.07, 6.45) is 8.73. The van der Waals surface area contributed by atoms with E-state index in [2.05, 4.69) is 0 Å². The summed E-state index contributed by atoms with van der Waals surface area (Å²) >= 11 is 0. The van der Waals surface area contributed by atoms with E-state index in [1.807, 2.05) is 11.0 Å². The first-order valence-electron chi connectivity index (χ1n) is 8.90. The minimum Gasteiger partial charge on any atom is -0.482 e. The molecule has 0 bridgehead atoms. The molecule has 0 atom stereocenters. The van der Waals surface area contributed by atoms with E-state index < -0.39 is 12.6 Å². The molecule has 6 nitrogen and oxygen atoms in total. The molecular weight excluding hydrogens is 334 g/mol. The van der Waals surface area contributed by atoms with E-state index in [9.17, 15) is 9.59 Å². The SMILES string of the molecule is O=C(O)COc1cccc(C(=O)N(Cc2ccoc2)C2CCCCC2)c1. The van der Waals surface area contributed by atoms with Crippen LogP contribution in [0.3, 0.4) is 0 Å². The maximum Gasteiger partial charge on any atom is 0.341 e. The predicted molar refractivity (Wildman–Crippen MR) is 95.0 cm³/mol. The van der Waals surface area contributed by atoms with Gasteiger partial charge in [0.05, 0.1) is 12.5 Å². The summed E-state index contributed by atoms with van der Waals surface area (Å²) in [5.74, 6) is -0.741. The molecule has 1 fully saturated rings. The molecule has 1 aliphatic rings. The van der Waals surface area contributed by atoms with E-state index in [0.29, 0.717) is 17.9 Å². The Morgan fingerprint density at radius 1 is 1.19 bits per heavy atom. The van der Waals surface area contributed by atoms with Crippen LogP contribution >= 0.6 is 0 Å². The first kappa shape index (κ1) is 18.0. The standard InChI is InChI=1S/C20H23NO5/c22-19(23)14-26-18-8-4-5-16(11-18)20(24)21(12-15-9-10-25-13-15)17-6-2-1-3-7-17/h4-5,8-11,13,17H,1-3,6-7,12,14H2,(H,22,23). The molecule has 1 aromatic carbocycles. The van der Waals surface area contributed by atoms with Crippen molar-refractivity contribution in [2.24, 2.45) is 0 Å². The lowest BCUT2D eigenvalue weighted by Crippen LogP contribution is -2.40. The molecule has 0 unspecified atom stereocenters. The van der Waals surface area contributed by atoms with Gasteiger partial charge in [0.25, 0.3) is 5.91 Å². The third kappa shape index (κ3) is 4.65. The number of amides is 1. The van der Waals surface area contributed by atoms with Crippen molar-refractivity contribution in [1.29, 1.82) is 0 Å². The van der Waals surface area contributed by atoms with E-state index in [-0.39, 0.29) is 11.9 Å². The molecule has 0 radical (unpaired) electrons. The Morgan fingerprint density at radius 2 is 2.00 bits per heavy atom. The first-order chi connectivity index (χ1) is 12.6. The van der Waals surface area contributed by atoms with Crippen molar-refractivity contribution in [3.8, 4) is 5.75 Å². The van der Waals surface area contributed by atoms with Crippen LogP contribution in [0.25, 0.3) is 0 Å². The zero-order chi connectivity index (χ0) is 18.4. The summed E-state index contributed by atoms with van der Waals surface area (Å²) in [4.78, 5) is 25.8. The second kappa shape index (κ2) is 8.56. The summed E-state index contributed by atoms with van der Waals surface area (Å²) in [6.45, 7) is 0.0687. The van der Waals surface area contributed by atoms with Gasteiger partial charge in [-0.2, -0.15) is 0 Å². The van der Waals surface area contributed by atoms with Gasteiger partial charge in [-0.15, -0.1) is 0 Å². The van der Waals surface area contributed by atoms with Crippen LogP contribution in [-0.2, 0) is 11.3 Å². The number of carbonyl (C=O) groups is 2. The van der Waals surface area contributed by atoms with Crippen LogP contribution in [0.5, 0.6) is 5.75 Å². The summed E-state index contributed by atoms with van der Waals surface area (Å²) in [5, 5.41) is 8.75. The van der Waals surface area contributed by atoms with Crippen molar-refractivity contribution < 1.29 is 23.8 Å². The molecule has 1 amide bonds. The van der Waals surface area contributed by atoms with Gasteiger partial charge in [-0.1, -0.05) is 25.3 Å². The Labute approximate surface area is 152 Å². The highest BCUT2D eigenvalue weighted by molar-refractivity contribution is 5.94. The smallest absolute Gasteiger partial charge is 0.341 e. The van der Waals surface area contributed by atoms with Gasteiger partial charge >= 0.3 is 5.97 Å². The zero-order valence-corrected chi connectivity index (χ0v) is 14.6. The first-order valence-corrected chi connectivity index (χ1v) is 8.90. The highest BCUT2D eigenvalue weighted by Crippen LogP contribution is 2.26. The monoisotopic (exact) mass is 357 g/mol. The largest absolute Gasteiger partial charge is 0.482 e. The summed E-state index contributed by atoms with van der Waals surface area (Å²) in [5.41, 5.74) is 1.46. The van der Waals surface area contributed by atoms with E-state index in [4.69, 9.17) is 14.3 Å². The van der Waals surface area contributed by atoms with Crippen molar-refractivity contribution in [3.05, 3.63) is 54.0 Å². The molecule has 3 rings (SSSR count). The normalized spacial score (nSPS) is 14.8. The zero-order valence-electron chi connectivity index (χ0n) is 14.6. The number of aliphatic carboxylic acids is 1. The maximum absolute atomic E-state index is 13.2. The molecule has 1 saturated carbocycles. The predicted octanol–water partition coefficient (Wildman–Crippen LogP) is 3.72. The minimum atomic E-state index is -1.05. The lowest BCUT2D eigenvalue weighted by Gasteiger charge is -2.34. The molecule has 1 heterocycles. The topological polar surface area (TPSA) is 80.0 Å². The third-order valence-corrected chi connectivity index (χ3v) is 4.65. The van der Waals surface area contributed by atoms with Gasteiger partial charge in [-0.05, 0) is 37.1 Å². The van der Waals surface area contributed by atoms with Crippen molar-refractivity contribution >= 4 is 11.9 Å². The number of carboxylic acid groups (broad SMARTS) is 1. The van der Waals surface area contributed by atoms with Crippen LogP contribution in [0.15, 0.2) is 47.3 Å². The van der Waals surface area contributed by atoms with Gasteiger partial charge in [0.1, 0.15) is 5.75 Å². The van der Waals surface area contributed by atoms with Crippen LogP contribution in [-0.4, -0.2) is 34.5 Å². The number of carboxylic acids is 1. The highest BCUT2D eigenvalue weighted by atomic mass is 16.5. The quantitative estimate of drug-likeness (QED) is 0.817. The van der Waals surface area contributed by atoms with E-state index in [1.54, 1.807) is 36.8 Å².